The number of carbonyl (C=O) groups is 2. The molecular formula is C25H32N3O5+. The van der Waals surface area contributed by atoms with Gasteiger partial charge in [0.2, 0.25) is 0 Å². The van der Waals surface area contributed by atoms with E-state index < -0.39 is 17.6 Å². The average Bonchev–Trinajstić information content (AvgIpc) is 2.71. The third kappa shape index (κ3) is 9.90. The molecule has 2 amide bonds. The molecule has 4 N–H and O–H groups in total. The van der Waals surface area contributed by atoms with Crippen LogP contribution >= 0.6 is 0 Å². The quantitative estimate of drug-likeness (QED) is 0.419. The molecule has 0 bridgehead atoms. The molecule has 0 saturated carbocycles. The first kappa shape index (κ1) is 25.5. The van der Waals surface area contributed by atoms with Crippen LogP contribution in [-0.4, -0.2) is 29.5 Å². The monoisotopic (exact) mass is 454 g/mol. The van der Waals surface area contributed by atoms with Gasteiger partial charge in [-0.1, -0.05) is 30.3 Å². The molecule has 0 aliphatic heterocycles. The summed E-state index contributed by atoms with van der Waals surface area (Å²) in [6.07, 6.45) is 1.93. The molecule has 0 aliphatic carbocycles. The molecule has 0 fully saturated rings. The van der Waals surface area contributed by atoms with Crippen molar-refractivity contribution >= 4 is 17.8 Å². The summed E-state index contributed by atoms with van der Waals surface area (Å²) in [5, 5.41) is 10.8. The Labute approximate surface area is 194 Å². The van der Waals surface area contributed by atoms with Crippen molar-refractivity contribution in [3.8, 4) is 11.5 Å². The Bertz CT molecular complexity index is 995. The Balaban J connectivity index is 2.05. The number of rotatable bonds is 8. The molecule has 0 unspecified atom stereocenters. The third-order valence-electron chi connectivity index (χ3n) is 3.88. The molecule has 8 nitrogen and oxygen atoms in total. The highest BCUT2D eigenvalue weighted by molar-refractivity contribution is 6.08. The Hall–Kier alpha value is -3.81. The maximum Gasteiger partial charge on any atom is 0.411 e. The fourth-order valence-electron chi connectivity index (χ4n) is 2.62. The molecule has 0 radical (unpaired) electrons. The highest BCUT2D eigenvalue weighted by Crippen LogP contribution is 2.25. The molecule has 0 spiro atoms. The largest absolute Gasteiger partial charge is 0.491 e. The van der Waals surface area contributed by atoms with E-state index in [2.05, 4.69) is 10.6 Å². The van der Waals surface area contributed by atoms with E-state index in [1.807, 2.05) is 44.2 Å². The molecule has 0 atom stereocenters. The van der Waals surface area contributed by atoms with E-state index in [9.17, 15) is 9.59 Å². The number of benzene rings is 2. The predicted molar refractivity (Wildman–Crippen MR) is 126 cm³/mol. The minimum absolute atomic E-state index is 0.0398. The van der Waals surface area contributed by atoms with E-state index in [1.54, 1.807) is 39.0 Å². The van der Waals surface area contributed by atoms with Crippen LogP contribution in [0.15, 0.2) is 60.8 Å². The van der Waals surface area contributed by atoms with E-state index in [4.69, 9.17) is 19.6 Å². The topological polar surface area (TPSA) is 111 Å². The van der Waals surface area contributed by atoms with E-state index >= 15 is 0 Å². The molecule has 2 rings (SSSR count). The van der Waals surface area contributed by atoms with Gasteiger partial charge in [0.05, 0.1) is 11.7 Å². The summed E-state index contributed by atoms with van der Waals surface area (Å²) < 4.78 is 16.7. The van der Waals surface area contributed by atoms with Crippen LogP contribution in [0.1, 0.15) is 50.5 Å². The number of hydrogen-bond donors (Lipinski definition) is 3. The summed E-state index contributed by atoms with van der Waals surface area (Å²) in [6, 6.07) is 14.7. The van der Waals surface area contributed by atoms with E-state index in [0.29, 0.717) is 23.7 Å². The molecule has 2 aromatic carbocycles. The number of amidine groups is 1. The SMILES string of the molecule is CC(C)Oc1cc(OCc2ccccc2)cc(C(=O)NC(=[NH2+])/C=C\NC(=O)OC(C)(C)C)c1. The highest BCUT2D eigenvalue weighted by atomic mass is 16.6. The molecular weight excluding hydrogens is 422 g/mol. The maximum absolute atomic E-state index is 12.7. The highest BCUT2D eigenvalue weighted by Gasteiger charge is 2.17. The fraction of sp³-hybridized carbons (Fsp3) is 0.320. The lowest BCUT2D eigenvalue weighted by Gasteiger charge is -2.18. The van der Waals surface area contributed by atoms with Crippen LogP contribution in [0.4, 0.5) is 4.79 Å². The summed E-state index contributed by atoms with van der Waals surface area (Å²) in [4.78, 5) is 24.4. The molecule has 0 aromatic heterocycles. The lowest BCUT2D eigenvalue weighted by molar-refractivity contribution is -0.115. The van der Waals surface area contributed by atoms with Gasteiger partial charge >= 0.3 is 12.0 Å². The zero-order valence-electron chi connectivity index (χ0n) is 19.7. The van der Waals surface area contributed by atoms with Gasteiger partial charge in [0, 0.05) is 18.3 Å². The van der Waals surface area contributed by atoms with Gasteiger partial charge in [-0.05, 0) is 52.3 Å². The Morgan fingerprint density at radius 3 is 2.36 bits per heavy atom. The Morgan fingerprint density at radius 2 is 1.73 bits per heavy atom. The number of carbonyl (C=O) groups excluding carboxylic acids is 2. The van der Waals surface area contributed by atoms with Gasteiger partial charge in [0.15, 0.2) is 0 Å². The molecule has 176 valence electrons. The first-order valence-corrected chi connectivity index (χ1v) is 10.6. The number of nitrogens with two attached hydrogens (primary N) is 1. The summed E-state index contributed by atoms with van der Waals surface area (Å²) in [5.74, 6) is 0.579. The van der Waals surface area contributed by atoms with Crippen LogP contribution in [0, 0.1) is 0 Å². The normalized spacial score (nSPS) is 11.2. The van der Waals surface area contributed by atoms with E-state index in [0.717, 1.165) is 5.56 Å². The number of hydrogen-bond acceptors (Lipinski definition) is 5. The molecule has 0 heterocycles. The second-order valence-electron chi connectivity index (χ2n) is 8.52. The minimum atomic E-state index is -0.628. The fourth-order valence-corrected chi connectivity index (χ4v) is 2.62. The summed E-state index contributed by atoms with van der Waals surface area (Å²) in [6.45, 7) is 9.40. The first-order chi connectivity index (χ1) is 15.5. The van der Waals surface area contributed by atoms with Crippen LogP contribution in [0.2, 0.25) is 0 Å². The standard InChI is InChI=1S/C25H31N3O5/c1-17(2)32-21-14-19(13-20(15-21)31-16-18-9-7-6-8-10-18)23(29)28-22(26)11-12-27-24(30)33-25(3,4)5/h6-15,17H,16H2,1-5H3,(H,27,30)(H2,26,28,29)/p+1/b12-11-. The van der Waals surface area contributed by atoms with Crippen molar-refractivity contribution in [2.75, 3.05) is 0 Å². The second kappa shape index (κ2) is 11.7. The van der Waals surface area contributed by atoms with Crippen molar-refractivity contribution in [3.63, 3.8) is 0 Å². The minimum Gasteiger partial charge on any atom is -0.491 e. The van der Waals surface area contributed by atoms with Gasteiger partial charge in [-0.3, -0.25) is 10.7 Å². The van der Waals surface area contributed by atoms with Gasteiger partial charge in [-0.15, -0.1) is 0 Å². The van der Waals surface area contributed by atoms with Gasteiger partial charge in [-0.2, -0.15) is 0 Å². The van der Waals surface area contributed by atoms with Gasteiger partial charge < -0.3 is 14.2 Å². The molecule has 2 aromatic rings. The molecule has 0 aliphatic rings. The number of alkyl carbamates (subject to hydrolysis) is 1. The molecule has 0 saturated heterocycles. The number of ether oxygens (including phenoxy) is 3. The molecule has 8 heteroatoms. The van der Waals surface area contributed by atoms with Gasteiger partial charge in [0.1, 0.15) is 23.7 Å². The third-order valence-corrected chi connectivity index (χ3v) is 3.88. The van der Waals surface area contributed by atoms with Crippen molar-refractivity contribution in [1.29, 1.82) is 0 Å². The van der Waals surface area contributed by atoms with Crippen molar-refractivity contribution < 1.29 is 29.2 Å². The van der Waals surface area contributed by atoms with Crippen LogP contribution < -0.4 is 25.5 Å². The van der Waals surface area contributed by atoms with Crippen molar-refractivity contribution in [3.05, 3.63) is 71.9 Å². The number of nitrogens with one attached hydrogen (secondary N) is 2. The van der Waals surface area contributed by atoms with Crippen LogP contribution in [0.25, 0.3) is 0 Å². The smallest absolute Gasteiger partial charge is 0.411 e. The van der Waals surface area contributed by atoms with Crippen molar-refractivity contribution in [1.82, 2.24) is 10.6 Å². The van der Waals surface area contributed by atoms with E-state index in [1.165, 1.54) is 12.3 Å². The summed E-state index contributed by atoms with van der Waals surface area (Å²) >= 11 is 0. The van der Waals surface area contributed by atoms with Crippen LogP contribution in [0.5, 0.6) is 11.5 Å². The lowest BCUT2D eigenvalue weighted by Crippen LogP contribution is -2.50. The van der Waals surface area contributed by atoms with E-state index in [-0.39, 0.29) is 11.9 Å². The average molecular weight is 455 g/mol. The van der Waals surface area contributed by atoms with Gasteiger partial charge in [0.25, 0.3) is 5.84 Å². The predicted octanol–water partition coefficient (Wildman–Crippen LogP) is 2.98. The van der Waals surface area contributed by atoms with Crippen LogP contribution in [0.3, 0.4) is 0 Å². The maximum atomic E-state index is 12.7. The second-order valence-corrected chi connectivity index (χ2v) is 8.52. The summed E-state index contributed by atoms with van der Waals surface area (Å²) in [7, 11) is 0. The van der Waals surface area contributed by atoms with Crippen LogP contribution in [-0.2, 0) is 11.3 Å². The van der Waals surface area contributed by atoms with Crippen molar-refractivity contribution in [2.45, 2.75) is 52.9 Å². The Kier molecular flexibility index (Phi) is 9.03. The summed E-state index contributed by atoms with van der Waals surface area (Å²) in [5.41, 5.74) is 0.691. The lowest BCUT2D eigenvalue weighted by atomic mass is 10.1. The Morgan fingerprint density at radius 1 is 1.06 bits per heavy atom. The zero-order valence-corrected chi connectivity index (χ0v) is 19.7. The van der Waals surface area contributed by atoms with Crippen molar-refractivity contribution in [2.24, 2.45) is 0 Å². The zero-order chi connectivity index (χ0) is 24.4. The first-order valence-electron chi connectivity index (χ1n) is 10.6. The van der Waals surface area contributed by atoms with Gasteiger partial charge in [-0.25, -0.2) is 14.9 Å². The number of amides is 2. The molecule has 33 heavy (non-hydrogen) atoms.